The molecule has 2 aliphatic rings. The van der Waals surface area contributed by atoms with Crippen molar-refractivity contribution < 1.29 is 9.53 Å². The van der Waals surface area contributed by atoms with Crippen molar-refractivity contribution >= 4 is 11.7 Å². The van der Waals surface area contributed by atoms with Gasteiger partial charge in [0.05, 0.1) is 12.2 Å². The Balaban J connectivity index is 1.34. The van der Waals surface area contributed by atoms with E-state index in [0.29, 0.717) is 47.7 Å². The molecule has 4 heterocycles. The molecule has 8 nitrogen and oxygen atoms in total. The zero-order valence-electron chi connectivity index (χ0n) is 19.8. The normalized spacial score (nSPS) is 15.9. The number of pyridine rings is 2. The number of amides is 1. The number of carbonyl (C=O) groups excluding carboxylic acids is 1. The van der Waals surface area contributed by atoms with Crippen LogP contribution in [0.3, 0.4) is 0 Å². The van der Waals surface area contributed by atoms with Crippen LogP contribution >= 0.6 is 0 Å². The molecule has 180 valence electrons. The molecule has 1 aromatic carbocycles. The smallest absolute Gasteiger partial charge is 0.260 e. The van der Waals surface area contributed by atoms with Gasteiger partial charge in [-0.25, -0.2) is 4.98 Å². The summed E-state index contributed by atoms with van der Waals surface area (Å²) < 4.78 is 7.98. The Morgan fingerprint density at radius 1 is 1.03 bits per heavy atom. The molecular weight excluding hydrogens is 452 g/mol. The van der Waals surface area contributed by atoms with E-state index < -0.39 is 0 Å². The lowest BCUT2D eigenvalue weighted by atomic mass is 10.0. The minimum Gasteiger partial charge on any atom is -0.493 e. The van der Waals surface area contributed by atoms with Gasteiger partial charge in [-0.2, -0.15) is 0 Å². The summed E-state index contributed by atoms with van der Waals surface area (Å²) in [6.45, 7) is 1.15. The number of hydrogen-bond acceptors (Lipinski definition) is 6. The number of fused-ring (bicyclic) bond motifs is 5. The molecule has 0 saturated heterocycles. The lowest BCUT2D eigenvalue weighted by Gasteiger charge is -2.14. The highest BCUT2D eigenvalue weighted by Crippen LogP contribution is 2.39. The summed E-state index contributed by atoms with van der Waals surface area (Å²) in [5, 5.41) is 11.2. The maximum absolute atomic E-state index is 13.4. The number of benzene rings is 1. The quantitative estimate of drug-likeness (QED) is 0.395. The number of anilines is 1. The van der Waals surface area contributed by atoms with E-state index in [4.69, 9.17) is 4.74 Å². The van der Waals surface area contributed by atoms with E-state index in [1.807, 2.05) is 41.1 Å². The van der Waals surface area contributed by atoms with E-state index >= 15 is 0 Å². The average molecular weight is 479 g/mol. The van der Waals surface area contributed by atoms with Crippen molar-refractivity contribution in [1.82, 2.24) is 24.7 Å². The Morgan fingerprint density at radius 2 is 1.94 bits per heavy atom. The highest BCUT2D eigenvalue weighted by Gasteiger charge is 2.24. The first-order valence-corrected chi connectivity index (χ1v) is 12.3. The minimum atomic E-state index is -0.285. The largest absolute Gasteiger partial charge is 0.493 e. The zero-order valence-corrected chi connectivity index (χ0v) is 19.8. The van der Waals surface area contributed by atoms with Crippen LogP contribution in [0, 0.1) is 0 Å². The molecule has 1 aliphatic carbocycles. The van der Waals surface area contributed by atoms with Crippen LogP contribution in [-0.2, 0) is 6.54 Å². The Kier molecular flexibility index (Phi) is 5.99. The predicted molar refractivity (Wildman–Crippen MR) is 137 cm³/mol. The van der Waals surface area contributed by atoms with Crippen LogP contribution in [0.5, 0.6) is 5.75 Å². The summed E-state index contributed by atoms with van der Waals surface area (Å²) >= 11 is 0. The highest BCUT2D eigenvalue weighted by atomic mass is 16.5. The van der Waals surface area contributed by atoms with Crippen LogP contribution in [0.15, 0.2) is 73.2 Å². The molecule has 1 fully saturated rings. The van der Waals surface area contributed by atoms with E-state index in [-0.39, 0.29) is 5.91 Å². The Bertz CT molecular complexity index is 1420. The second kappa shape index (κ2) is 9.73. The van der Waals surface area contributed by atoms with Gasteiger partial charge in [0.2, 0.25) is 0 Å². The Morgan fingerprint density at radius 3 is 2.81 bits per heavy atom. The lowest BCUT2D eigenvalue weighted by molar-refractivity contribution is 0.102. The van der Waals surface area contributed by atoms with Crippen LogP contribution in [0.4, 0.5) is 5.82 Å². The monoisotopic (exact) mass is 478 g/mol. The average Bonchev–Trinajstić information content (AvgIpc) is 3.65. The molecular formula is C28H26N6O2. The fourth-order valence-electron chi connectivity index (χ4n) is 4.30. The number of rotatable bonds is 2. The molecule has 0 unspecified atom stereocenters. The van der Waals surface area contributed by atoms with E-state index in [2.05, 4.69) is 49.8 Å². The second-order valence-electron chi connectivity index (χ2n) is 9.09. The number of nitrogens with one attached hydrogen (secondary N) is 1. The van der Waals surface area contributed by atoms with Gasteiger partial charge in [0.25, 0.3) is 5.91 Å². The SMILES string of the molecule is O=C1Nc2cccc(n2)-c2nncn2CC=CCCCOc2ccc(-c3ccc(C4CC4)nc3)cc21. The van der Waals surface area contributed by atoms with E-state index in [1.165, 1.54) is 12.8 Å². The summed E-state index contributed by atoms with van der Waals surface area (Å²) in [5.74, 6) is 1.94. The van der Waals surface area contributed by atoms with Crippen LogP contribution in [-0.4, -0.2) is 37.2 Å². The first kappa shape index (κ1) is 22.2. The maximum Gasteiger partial charge on any atom is 0.260 e. The van der Waals surface area contributed by atoms with Gasteiger partial charge in [0, 0.05) is 29.9 Å². The van der Waals surface area contributed by atoms with Crippen LogP contribution in [0.2, 0.25) is 0 Å². The van der Waals surface area contributed by atoms with Gasteiger partial charge in [0.15, 0.2) is 5.82 Å². The van der Waals surface area contributed by atoms with Crippen molar-refractivity contribution in [3.8, 4) is 28.4 Å². The summed E-state index contributed by atoms with van der Waals surface area (Å²) in [5.41, 5.74) is 4.11. The summed E-state index contributed by atoms with van der Waals surface area (Å²) in [7, 11) is 0. The summed E-state index contributed by atoms with van der Waals surface area (Å²) in [4.78, 5) is 22.7. The van der Waals surface area contributed by atoms with Crippen molar-refractivity contribution in [3.63, 3.8) is 0 Å². The molecule has 1 aliphatic heterocycles. The molecule has 6 rings (SSSR count). The Hall–Kier alpha value is -4.33. The molecule has 0 atom stereocenters. The first-order valence-electron chi connectivity index (χ1n) is 12.3. The maximum atomic E-state index is 13.4. The molecule has 0 spiro atoms. The first-order chi connectivity index (χ1) is 17.7. The number of allylic oxidation sites excluding steroid dienone is 2. The topological polar surface area (TPSA) is 94.8 Å². The molecule has 4 aromatic rings. The third-order valence-electron chi connectivity index (χ3n) is 6.42. The van der Waals surface area contributed by atoms with Gasteiger partial charge in [-0.1, -0.05) is 30.4 Å². The van der Waals surface area contributed by atoms with E-state index in [0.717, 1.165) is 29.7 Å². The molecule has 2 bridgehead atoms. The van der Waals surface area contributed by atoms with Gasteiger partial charge < -0.3 is 14.6 Å². The van der Waals surface area contributed by atoms with Crippen molar-refractivity contribution in [3.05, 3.63) is 84.5 Å². The lowest BCUT2D eigenvalue weighted by Crippen LogP contribution is -2.15. The zero-order chi connectivity index (χ0) is 24.3. The molecule has 3 aromatic heterocycles. The number of aromatic nitrogens is 5. The van der Waals surface area contributed by atoms with Crippen LogP contribution in [0.1, 0.15) is 47.7 Å². The van der Waals surface area contributed by atoms with Gasteiger partial charge in [-0.15, -0.1) is 10.2 Å². The number of hydrogen-bond donors (Lipinski definition) is 1. The fraction of sp³-hybridized carbons (Fsp3) is 0.250. The standard InChI is InChI=1S/C28H26N6O2/c35-28-22-16-20(21-10-12-23(29-17-21)19-8-9-19)11-13-25(22)36-15-4-2-1-3-14-34-18-30-33-27(34)24-6-5-7-26(31-24)32-28/h1,3,5-7,10-13,16-19H,2,4,8-9,14-15H2,(H,31,32,35). The predicted octanol–water partition coefficient (Wildman–Crippen LogP) is 5.26. The van der Waals surface area contributed by atoms with Crippen molar-refractivity contribution in [2.45, 2.75) is 38.1 Å². The minimum absolute atomic E-state index is 0.285. The van der Waals surface area contributed by atoms with Gasteiger partial charge in [0.1, 0.15) is 23.6 Å². The number of carbonyl (C=O) groups is 1. The van der Waals surface area contributed by atoms with Crippen LogP contribution < -0.4 is 10.1 Å². The fourth-order valence-corrected chi connectivity index (χ4v) is 4.30. The van der Waals surface area contributed by atoms with Crippen LogP contribution in [0.25, 0.3) is 22.6 Å². The van der Waals surface area contributed by atoms with E-state index in [9.17, 15) is 4.79 Å². The molecule has 0 radical (unpaired) electrons. The third-order valence-corrected chi connectivity index (χ3v) is 6.42. The Labute approximate surface area is 209 Å². The van der Waals surface area contributed by atoms with Crippen molar-refractivity contribution in [1.29, 1.82) is 0 Å². The molecule has 1 amide bonds. The third kappa shape index (κ3) is 4.75. The number of nitrogens with zero attached hydrogens (tertiary/aromatic N) is 5. The van der Waals surface area contributed by atoms with Gasteiger partial charge in [-0.05, 0) is 61.6 Å². The van der Waals surface area contributed by atoms with Gasteiger partial charge in [-0.3, -0.25) is 9.78 Å². The molecule has 36 heavy (non-hydrogen) atoms. The second-order valence-corrected chi connectivity index (χ2v) is 9.09. The molecule has 1 saturated carbocycles. The summed E-state index contributed by atoms with van der Waals surface area (Å²) in [6.07, 6.45) is 11.9. The number of ether oxygens (including phenoxy) is 1. The van der Waals surface area contributed by atoms with E-state index in [1.54, 1.807) is 12.4 Å². The van der Waals surface area contributed by atoms with Crippen molar-refractivity contribution in [2.75, 3.05) is 11.9 Å². The van der Waals surface area contributed by atoms with Crippen molar-refractivity contribution in [2.24, 2.45) is 0 Å². The highest BCUT2D eigenvalue weighted by molar-refractivity contribution is 6.06. The molecule has 1 N–H and O–H groups in total. The summed E-state index contributed by atoms with van der Waals surface area (Å²) in [6, 6.07) is 15.3. The molecule has 8 heteroatoms. The van der Waals surface area contributed by atoms with Gasteiger partial charge >= 0.3 is 0 Å².